The van der Waals surface area contributed by atoms with E-state index in [1.807, 2.05) is 0 Å². The summed E-state index contributed by atoms with van der Waals surface area (Å²) < 4.78 is 40.1. The van der Waals surface area contributed by atoms with Crippen LogP contribution in [0.15, 0.2) is 24.3 Å². The molecule has 1 aromatic carbocycles. The number of carbonyl (C=O) groups is 1. The summed E-state index contributed by atoms with van der Waals surface area (Å²) in [7, 11) is 1.57. The van der Waals surface area contributed by atoms with Crippen LogP contribution in [-0.2, 0) is 28.5 Å². The molecule has 0 unspecified atom stereocenters. The first-order valence-corrected chi connectivity index (χ1v) is 8.90. The summed E-state index contributed by atoms with van der Waals surface area (Å²) >= 11 is 0. The molecular formula is C19H24O8. The van der Waals surface area contributed by atoms with Crippen LogP contribution in [0.25, 0.3) is 0 Å². The molecule has 3 aliphatic rings. The van der Waals surface area contributed by atoms with Crippen LogP contribution in [0.5, 0.6) is 11.5 Å². The van der Waals surface area contributed by atoms with Crippen LogP contribution in [0.1, 0.15) is 27.7 Å². The molecule has 27 heavy (non-hydrogen) atoms. The van der Waals surface area contributed by atoms with Crippen LogP contribution in [0.2, 0.25) is 0 Å². The van der Waals surface area contributed by atoms with Crippen molar-refractivity contribution in [3.8, 4) is 11.5 Å². The third-order valence-electron chi connectivity index (χ3n) is 4.66. The van der Waals surface area contributed by atoms with Crippen molar-refractivity contribution < 1.29 is 38.0 Å². The van der Waals surface area contributed by atoms with Gasteiger partial charge in [-0.2, -0.15) is 0 Å². The topological polar surface area (TPSA) is 81.7 Å². The SMILES string of the molecule is COc1ccc(OC(=O)[C@@H]2O[C@H]3OC(C)(C)O[C@@H]3[C@@H]3OC(C)(C)O[C@H]32)cc1. The molecule has 148 valence electrons. The summed E-state index contributed by atoms with van der Waals surface area (Å²) in [5.74, 6) is -1.25. The summed E-state index contributed by atoms with van der Waals surface area (Å²) in [4.78, 5) is 12.8. The average Bonchev–Trinajstić information content (AvgIpc) is 3.08. The van der Waals surface area contributed by atoms with Crippen molar-refractivity contribution in [2.45, 2.75) is 70.0 Å². The molecule has 3 heterocycles. The van der Waals surface area contributed by atoms with E-state index in [2.05, 4.69) is 0 Å². The molecule has 4 rings (SSSR count). The maximum absolute atomic E-state index is 12.8. The Balaban J connectivity index is 1.55. The highest BCUT2D eigenvalue weighted by molar-refractivity contribution is 5.78. The molecule has 0 bridgehead atoms. The summed E-state index contributed by atoms with van der Waals surface area (Å²) in [6.07, 6.45) is -3.40. The highest BCUT2D eigenvalue weighted by atomic mass is 16.9. The van der Waals surface area contributed by atoms with E-state index in [0.717, 1.165) is 0 Å². The number of carbonyl (C=O) groups excluding carboxylic acids is 1. The van der Waals surface area contributed by atoms with E-state index in [0.29, 0.717) is 11.5 Å². The highest BCUT2D eigenvalue weighted by Gasteiger charge is 2.62. The van der Waals surface area contributed by atoms with E-state index in [4.69, 9.17) is 33.2 Å². The number of hydrogen-bond donors (Lipinski definition) is 0. The fraction of sp³-hybridized carbons (Fsp3) is 0.632. The third-order valence-corrected chi connectivity index (χ3v) is 4.66. The van der Waals surface area contributed by atoms with E-state index in [1.54, 1.807) is 59.1 Å². The summed E-state index contributed by atoms with van der Waals surface area (Å²) in [5, 5.41) is 0. The zero-order chi connectivity index (χ0) is 19.4. The molecule has 3 fully saturated rings. The van der Waals surface area contributed by atoms with Crippen molar-refractivity contribution in [3.05, 3.63) is 24.3 Å². The van der Waals surface area contributed by atoms with Gasteiger partial charge in [-0.15, -0.1) is 0 Å². The Bertz CT molecular complexity index is 713. The molecule has 8 nitrogen and oxygen atoms in total. The smallest absolute Gasteiger partial charge is 0.343 e. The Morgan fingerprint density at radius 1 is 0.852 bits per heavy atom. The van der Waals surface area contributed by atoms with E-state index < -0.39 is 48.2 Å². The Kier molecular flexibility index (Phi) is 4.44. The first kappa shape index (κ1) is 18.6. The van der Waals surface area contributed by atoms with E-state index in [9.17, 15) is 4.79 Å². The second-order valence-corrected chi connectivity index (χ2v) is 7.69. The van der Waals surface area contributed by atoms with Gasteiger partial charge in [0, 0.05) is 0 Å². The van der Waals surface area contributed by atoms with Gasteiger partial charge in [-0.3, -0.25) is 0 Å². The quantitative estimate of drug-likeness (QED) is 0.582. The molecule has 1 aromatic rings. The first-order chi connectivity index (χ1) is 12.7. The lowest BCUT2D eigenvalue weighted by molar-refractivity contribution is -0.236. The minimum atomic E-state index is -1.00. The van der Waals surface area contributed by atoms with Crippen LogP contribution in [0.4, 0.5) is 0 Å². The van der Waals surface area contributed by atoms with Gasteiger partial charge in [0.2, 0.25) is 0 Å². The Morgan fingerprint density at radius 3 is 2.07 bits per heavy atom. The van der Waals surface area contributed by atoms with Gasteiger partial charge in [-0.05, 0) is 52.0 Å². The molecule has 0 N–H and O–H groups in total. The molecule has 5 atom stereocenters. The van der Waals surface area contributed by atoms with Crippen LogP contribution in [-0.4, -0.2) is 55.4 Å². The fourth-order valence-electron chi connectivity index (χ4n) is 3.62. The van der Waals surface area contributed by atoms with Crippen molar-refractivity contribution in [2.24, 2.45) is 0 Å². The second-order valence-electron chi connectivity index (χ2n) is 7.69. The lowest BCUT2D eigenvalue weighted by atomic mass is 9.99. The molecule has 0 spiro atoms. The summed E-state index contributed by atoms with van der Waals surface area (Å²) in [6.45, 7) is 7.14. The molecular weight excluding hydrogens is 356 g/mol. The number of hydrogen-bond acceptors (Lipinski definition) is 8. The molecule has 0 aliphatic carbocycles. The van der Waals surface area contributed by atoms with Crippen LogP contribution >= 0.6 is 0 Å². The van der Waals surface area contributed by atoms with Gasteiger partial charge in [-0.25, -0.2) is 4.79 Å². The number of ether oxygens (including phenoxy) is 7. The molecule has 0 aromatic heterocycles. The van der Waals surface area contributed by atoms with Gasteiger partial charge in [0.05, 0.1) is 7.11 Å². The Labute approximate surface area is 157 Å². The fourth-order valence-corrected chi connectivity index (χ4v) is 3.62. The van der Waals surface area contributed by atoms with Gasteiger partial charge < -0.3 is 33.2 Å². The Hall–Kier alpha value is -1.71. The molecule has 0 saturated carbocycles. The maximum Gasteiger partial charge on any atom is 0.343 e. The van der Waals surface area contributed by atoms with E-state index >= 15 is 0 Å². The lowest BCUT2D eigenvalue weighted by Crippen LogP contribution is -2.58. The average molecular weight is 380 g/mol. The van der Waals surface area contributed by atoms with E-state index in [1.165, 1.54) is 0 Å². The first-order valence-electron chi connectivity index (χ1n) is 8.90. The molecule has 8 heteroatoms. The highest BCUT2D eigenvalue weighted by Crippen LogP contribution is 2.44. The second kappa shape index (κ2) is 6.42. The largest absolute Gasteiger partial charge is 0.497 e. The lowest BCUT2D eigenvalue weighted by Gasteiger charge is -2.35. The van der Waals surface area contributed by atoms with Crippen molar-refractivity contribution in [2.75, 3.05) is 7.11 Å². The van der Waals surface area contributed by atoms with Crippen LogP contribution in [0, 0.1) is 0 Å². The predicted molar refractivity (Wildman–Crippen MR) is 91.2 cm³/mol. The van der Waals surface area contributed by atoms with E-state index in [-0.39, 0.29) is 0 Å². The molecule has 3 aliphatic heterocycles. The van der Waals surface area contributed by atoms with Gasteiger partial charge in [0.15, 0.2) is 24.0 Å². The number of esters is 1. The zero-order valence-electron chi connectivity index (χ0n) is 16.0. The summed E-state index contributed by atoms with van der Waals surface area (Å²) in [6, 6.07) is 6.71. The third kappa shape index (κ3) is 3.55. The number of rotatable bonds is 3. The van der Waals surface area contributed by atoms with Crippen molar-refractivity contribution >= 4 is 5.97 Å². The summed E-state index contributed by atoms with van der Waals surface area (Å²) in [5.41, 5.74) is 0. The predicted octanol–water partition coefficient (Wildman–Crippen LogP) is 2.00. The van der Waals surface area contributed by atoms with Crippen LogP contribution < -0.4 is 9.47 Å². The van der Waals surface area contributed by atoms with Crippen molar-refractivity contribution in [3.63, 3.8) is 0 Å². The van der Waals surface area contributed by atoms with Crippen molar-refractivity contribution in [1.82, 2.24) is 0 Å². The van der Waals surface area contributed by atoms with Crippen molar-refractivity contribution in [1.29, 1.82) is 0 Å². The zero-order valence-corrected chi connectivity index (χ0v) is 16.0. The minimum Gasteiger partial charge on any atom is -0.497 e. The number of benzene rings is 1. The number of methoxy groups -OCH3 is 1. The normalized spacial score (nSPS) is 36.0. The molecule has 3 saturated heterocycles. The minimum absolute atomic E-state index is 0.380. The van der Waals surface area contributed by atoms with Gasteiger partial charge in [0.1, 0.15) is 29.8 Å². The monoisotopic (exact) mass is 380 g/mol. The van der Waals surface area contributed by atoms with Crippen LogP contribution in [0.3, 0.4) is 0 Å². The maximum atomic E-state index is 12.8. The standard InChI is InChI=1S/C19H24O8/c1-18(2)24-12-13(25-18)15-17(27-19(3,4)26-15)23-14(12)16(20)22-11-8-6-10(21-5)7-9-11/h6-9,12-15,17H,1-5H3/t12-,13-,14-,15-,17+/m1/s1. The van der Waals surface area contributed by atoms with Gasteiger partial charge in [0.25, 0.3) is 0 Å². The number of fused-ring (bicyclic) bond motifs is 3. The molecule has 0 amide bonds. The van der Waals surface area contributed by atoms with Gasteiger partial charge in [-0.1, -0.05) is 0 Å². The Morgan fingerprint density at radius 2 is 1.41 bits per heavy atom. The van der Waals surface area contributed by atoms with Gasteiger partial charge >= 0.3 is 5.97 Å². The molecule has 0 radical (unpaired) electrons.